The third-order valence-electron chi connectivity index (χ3n) is 4.32. The molecule has 2 aliphatic rings. The number of benzene rings is 1. The molecule has 3 unspecified atom stereocenters. The molecule has 4 rings (SSSR count). The molecule has 2 aliphatic carbocycles. The van der Waals surface area contributed by atoms with Crippen LogP contribution in [0.4, 0.5) is 0 Å². The van der Waals surface area contributed by atoms with E-state index in [4.69, 9.17) is 0 Å². The number of hydrogen-bond donors (Lipinski definition) is 0. The molecule has 0 radical (unpaired) electrons. The van der Waals surface area contributed by atoms with Crippen LogP contribution >= 0.6 is 0 Å². The largest absolute Gasteiger partial charge is 0.256 e. The predicted octanol–water partition coefficient (Wildman–Crippen LogP) is 3.91. The Balaban J connectivity index is 1.79. The minimum atomic E-state index is 0.710. The van der Waals surface area contributed by atoms with E-state index in [1.165, 1.54) is 23.8 Å². The van der Waals surface area contributed by atoms with Crippen LogP contribution in [0.15, 0.2) is 48.7 Å². The molecule has 2 bridgehead atoms. The molecule has 0 spiro atoms. The second kappa shape index (κ2) is 3.43. The Kier molecular flexibility index (Phi) is 1.90. The quantitative estimate of drug-likeness (QED) is 0.665. The first kappa shape index (κ1) is 9.41. The normalized spacial score (nSPS) is 30.2. The van der Waals surface area contributed by atoms with E-state index in [0.717, 1.165) is 17.4 Å². The van der Waals surface area contributed by atoms with Crippen LogP contribution in [0.25, 0.3) is 10.9 Å². The molecular formula is C16H15N. The van der Waals surface area contributed by atoms with Crippen LogP contribution in [-0.4, -0.2) is 4.98 Å². The van der Waals surface area contributed by atoms with E-state index in [2.05, 4.69) is 53.7 Å². The summed E-state index contributed by atoms with van der Waals surface area (Å²) >= 11 is 0. The van der Waals surface area contributed by atoms with Gasteiger partial charge in [0.2, 0.25) is 0 Å². The molecule has 1 nitrogen and oxygen atoms in total. The fourth-order valence-electron chi connectivity index (χ4n) is 3.45. The van der Waals surface area contributed by atoms with Gasteiger partial charge in [-0.25, -0.2) is 0 Å². The van der Waals surface area contributed by atoms with Crippen molar-refractivity contribution in [1.29, 1.82) is 0 Å². The van der Waals surface area contributed by atoms with E-state index in [1.54, 1.807) is 0 Å². The van der Waals surface area contributed by atoms with Gasteiger partial charge in [0.15, 0.2) is 0 Å². The van der Waals surface area contributed by atoms with Gasteiger partial charge in [0.25, 0.3) is 0 Å². The maximum Gasteiger partial charge on any atom is 0.0702 e. The Morgan fingerprint density at radius 1 is 1.06 bits per heavy atom. The minimum absolute atomic E-state index is 0.710. The van der Waals surface area contributed by atoms with E-state index in [1.807, 2.05) is 0 Å². The van der Waals surface area contributed by atoms with Gasteiger partial charge in [0.1, 0.15) is 0 Å². The van der Waals surface area contributed by atoms with Gasteiger partial charge in [-0.05, 0) is 48.3 Å². The zero-order chi connectivity index (χ0) is 11.2. The van der Waals surface area contributed by atoms with Crippen molar-refractivity contribution in [2.45, 2.75) is 18.8 Å². The Morgan fingerprint density at radius 2 is 2.00 bits per heavy atom. The molecule has 0 N–H and O–H groups in total. The molecule has 0 amide bonds. The fourth-order valence-corrected chi connectivity index (χ4v) is 3.45. The summed E-state index contributed by atoms with van der Waals surface area (Å²) in [6.07, 6.45) is 9.57. The van der Waals surface area contributed by atoms with E-state index in [9.17, 15) is 0 Å². The number of allylic oxidation sites excluding steroid dienone is 2. The van der Waals surface area contributed by atoms with Crippen LogP contribution in [0.3, 0.4) is 0 Å². The molecular weight excluding hydrogens is 206 g/mol. The third kappa shape index (κ3) is 1.42. The number of hydrogen-bond acceptors (Lipinski definition) is 1. The number of aromatic nitrogens is 1. The topological polar surface area (TPSA) is 12.9 Å². The number of para-hydroxylation sites is 1. The van der Waals surface area contributed by atoms with E-state index in [0.29, 0.717) is 5.92 Å². The second-order valence-electron chi connectivity index (χ2n) is 5.35. The summed E-state index contributed by atoms with van der Waals surface area (Å²) in [4.78, 5) is 4.59. The zero-order valence-corrected chi connectivity index (χ0v) is 9.71. The van der Waals surface area contributed by atoms with Crippen LogP contribution in [0.2, 0.25) is 0 Å². The summed E-state index contributed by atoms with van der Waals surface area (Å²) in [6.45, 7) is 0. The smallest absolute Gasteiger partial charge is 0.0702 e. The van der Waals surface area contributed by atoms with Crippen molar-refractivity contribution >= 4 is 10.9 Å². The molecule has 1 aromatic heterocycles. The Hall–Kier alpha value is -1.63. The van der Waals surface area contributed by atoms with Crippen LogP contribution in [-0.2, 0) is 0 Å². The first-order chi connectivity index (χ1) is 8.40. The number of fused-ring (bicyclic) bond motifs is 3. The van der Waals surface area contributed by atoms with Gasteiger partial charge < -0.3 is 0 Å². The molecule has 1 heterocycles. The standard InChI is InChI=1S/C16H15N/c1-2-4-16-13(3-1)9-14(10-17-16)15-8-11-5-6-12(15)7-11/h1-6,9-12,15H,7-8H2. The monoisotopic (exact) mass is 221 g/mol. The average molecular weight is 221 g/mol. The van der Waals surface area contributed by atoms with Crippen LogP contribution in [0.5, 0.6) is 0 Å². The summed E-state index contributed by atoms with van der Waals surface area (Å²) in [5, 5.41) is 1.27. The first-order valence-corrected chi connectivity index (χ1v) is 6.43. The van der Waals surface area contributed by atoms with Gasteiger partial charge in [-0.1, -0.05) is 30.4 Å². The second-order valence-corrected chi connectivity index (χ2v) is 5.35. The van der Waals surface area contributed by atoms with Gasteiger partial charge in [-0.15, -0.1) is 0 Å². The highest BCUT2D eigenvalue weighted by Gasteiger charge is 2.36. The molecule has 1 saturated carbocycles. The molecule has 3 atom stereocenters. The van der Waals surface area contributed by atoms with Crippen LogP contribution < -0.4 is 0 Å². The molecule has 0 aliphatic heterocycles. The highest BCUT2D eigenvalue weighted by atomic mass is 14.7. The number of pyridine rings is 1. The molecule has 84 valence electrons. The maximum atomic E-state index is 4.59. The van der Waals surface area contributed by atoms with Gasteiger partial charge in [-0.3, -0.25) is 4.98 Å². The molecule has 1 aromatic carbocycles. The Labute approximate surface area is 101 Å². The highest BCUT2D eigenvalue weighted by Crippen LogP contribution is 2.48. The SMILES string of the molecule is C1=CC2CC1CC2c1cnc2ccccc2c1. The van der Waals surface area contributed by atoms with Gasteiger partial charge in [0.05, 0.1) is 5.52 Å². The zero-order valence-electron chi connectivity index (χ0n) is 9.71. The first-order valence-electron chi connectivity index (χ1n) is 6.43. The molecule has 1 heteroatoms. The lowest BCUT2D eigenvalue weighted by atomic mass is 9.87. The van der Waals surface area contributed by atoms with Crippen molar-refractivity contribution in [2.24, 2.45) is 11.8 Å². The molecule has 1 fully saturated rings. The van der Waals surface area contributed by atoms with Crippen LogP contribution in [0, 0.1) is 11.8 Å². The van der Waals surface area contributed by atoms with Crippen molar-refractivity contribution in [2.75, 3.05) is 0 Å². The predicted molar refractivity (Wildman–Crippen MR) is 69.8 cm³/mol. The lowest BCUT2D eigenvalue weighted by Gasteiger charge is -2.18. The fraction of sp³-hybridized carbons (Fsp3) is 0.312. The number of nitrogens with zero attached hydrogens (tertiary/aromatic N) is 1. The third-order valence-corrected chi connectivity index (χ3v) is 4.32. The lowest BCUT2D eigenvalue weighted by molar-refractivity contribution is 0.584. The molecule has 2 aromatic rings. The van der Waals surface area contributed by atoms with E-state index < -0.39 is 0 Å². The van der Waals surface area contributed by atoms with Crippen LogP contribution in [0.1, 0.15) is 24.3 Å². The lowest BCUT2D eigenvalue weighted by Crippen LogP contribution is -2.05. The van der Waals surface area contributed by atoms with Gasteiger partial charge in [-0.2, -0.15) is 0 Å². The highest BCUT2D eigenvalue weighted by molar-refractivity contribution is 5.78. The summed E-state index contributed by atoms with van der Waals surface area (Å²) in [7, 11) is 0. The van der Waals surface area contributed by atoms with Crippen molar-refractivity contribution < 1.29 is 0 Å². The van der Waals surface area contributed by atoms with E-state index in [-0.39, 0.29) is 0 Å². The van der Waals surface area contributed by atoms with Gasteiger partial charge in [0, 0.05) is 11.6 Å². The van der Waals surface area contributed by atoms with E-state index >= 15 is 0 Å². The van der Waals surface area contributed by atoms with Crippen molar-refractivity contribution in [3.8, 4) is 0 Å². The maximum absolute atomic E-state index is 4.59. The summed E-state index contributed by atoms with van der Waals surface area (Å²) in [6, 6.07) is 10.7. The summed E-state index contributed by atoms with van der Waals surface area (Å²) in [5.74, 6) is 2.31. The average Bonchev–Trinajstić information content (AvgIpc) is 3.00. The van der Waals surface area contributed by atoms with Crippen molar-refractivity contribution in [3.63, 3.8) is 0 Å². The molecule has 0 saturated heterocycles. The van der Waals surface area contributed by atoms with Crippen molar-refractivity contribution in [1.82, 2.24) is 4.98 Å². The van der Waals surface area contributed by atoms with Gasteiger partial charge >= 0.3 is 0 Å². The molecule has 17 heavy (non-hydrogen) atoms. The Bertz CT molecular complexity index is 599. The number of rotatable bonds is 1. The minimum Gasteiger partial charge on any atom is -0.256 e. The summed E-state index contributed by atoms with van der Waals surface area (Å²) < 4.78 is 0. The van der Waals surface area contributed by atoms with Crippen molar-refractivity contribution in [3.05, 3.63) is 54.2 Å². The Morgan fingerprint density at radius 3 is 2.82 bits per heavy atom. The summed E-state index contributed by atoms with van der Waals surface area (Å²) in [5.41, 5.74) is 2.54.